The summed E-state index contributed by atoms with van der Waals surface area (Å²) >= 11 is 1.95. The summed E-state index contributed by atoms with van der Waals surface area (Å²) in [6.07, 6.45) is 13.8. The predicted molar refractivity (Wildman–Crippen MR) is 141 cm³/mol. The average Bonchev–Trinajstić information content (AvgIpc) is 2.85. The van der Waals surface area contributed by atoms with Crippen LogP contribution in [0.5, 0.6) is 17.2 Å². The molecule has 5 heteroatoms. The number of fused-ring (bicyclic) bond motifs is 1. The standard InChI is InChI=1S/C16H22O2S.C13H19NO/c17-13-8-9-15-14(10-13)18-11-16(19-15)12-6-4-2-1-3-5-7-12;1-3-7-13(8-4-1)15-12-11-14-9-5-2-6-10-14/h8-10,12,16-17H,1-7,11H2;1,3-4,7-8H,2,5-6,9-12H2. The predicted octanol–water partition coefficient (Wildman–Crippen LogP) is 7.16. The molecule has 1 N–H and O–H groups in total. The van der Waals surface area contributed by atoms with Gasteiger partial charge < -0.3 is 14.6 Å². The van der Waals surface area contributed by atoms with E-state index in [1.54, 1.807) is 12.1 Å². The van der Waals surface area contributed by atoms with Crippen molar-refractivity contribution in [2.75, 3.05) is 32.8 Å². The quantitative estimate of drug-likeness (QED) is 0.489. The largest absolute Gasteiger partial charge is 0.508 e. The third-order valence-electron chi connectivity index (χ3n) is 7.15. The number of nitrogens with zero attached hydrogens (tertiary/aromatic N) is 1. The topological polar surface area (TPSA) is 41.9 Å². The molecule has 34 heavy (non-hydrogen) atoms. The van der Waals surface area contributed by atoms with Gasteiger partial charge in [-0.1, -0.05) is 56.7 Å². The second kappa shape index (κ2) is 13.9. The summed E-state index contributed by atoms with van der Waals surface area (Å²) in [7, 11) is 0. The molecule has 0 aromatic heterocycles. The van der Waals surface area contributed by atoms with Gasteiger partial charge in [-0.05, 0) is 69.0 Å². The van der Waals surface area contributed by atoms with Crippen molar-refractivity contribution in [3.05, 3.63) is 48.5 Å². The number of piperidine rings is 1. The number of hydrogen-bond acceptors (Lipinski definition) is 5. The van der Waals surface area contributed by atoms with Crippen LogP contribution in [-0.2, 0) is 0 Å². The Morgan fingerprint density at radius 1 is 0.882 bits per heavy atom. The second-order valence-electron chi connectivity index (χ2n) is 9.77. The number of para-hydroxylation sites is 1. The van der Waals surface area contributed by atoms with E-state index in [1.807, 2.05) is 48.2 Å². The molecular formula is C29H41NO3S. The molecule has 2 aromatic rings. The molecule has 2 aliphatic heterocycles. The molecule has 0 spiro atoms. The highest BCUT2D eigenvalue weighted by Crippen LogP contribution is 2.43. The Morgan fingerprint density at radius 3 is 2.35 bits per heavy atom. The fourth-order valence-corrected chi connectivity index (χ4v) is 6.47. The fourth-order valence-electron chi connectivity index (χ4n) is 5.16. The van der Waals surface area contributed by atoms with E-state index in [0.29, 0.717) is 11.0 Å². The average molecular weight is 484 g/mol. The number of ether oxygens (including phenoxy) is 2. The molecular weight excluding hydrogens is 442 g/mol. The van der Waals surface area contributed by atoms with Gasteiger partial charge >= 0.3 is 0 Å². The van der Waals surface area contributed by atoms with Gasteiger partial charge in [-0.3, -0.25) is 4.90 Å². The Morgan fingerprint density at radius 2 is 1.59 bits per heavy atom. The maximum atomic E-state index is 9.48. The first-order chi connectivity index (χ1) is 16.8. The van der Waals surface area contributed by atoms with Crippen molar-refractivity contribution in [3.8, 4) is 17.2 Å². The zero-order valence-corrected chi connectivity index (χ0v) is 21.3. The molecule has 2 fully saturated rings. The van der Waals surface area contributed by atoms with Crippen molar-refractivity contribution >= 4 is 11.8 Å². The van der Waals surface area contributed by atoms with Crippen molar-refractivity contribution in [1.82, 2.24) is 4.90 Å². The fraction of sp³-hybridized carbons (Fsp3) is 0.586. The third kappa shape index (κ3) is 8.13. The maximum absolute atomic E-state index is 9.48. The highest BCUT2D eigenvalue weighted by atomic mass is 32.2. The summed E-state index contributed by atoms with van der Waals surface area (Å²) in [5.41, 5.74) is 0. The lowest BCUT2D eigenvalue weighted by Gasteiger charge is -2.32. The maximum Gasteiger partial charge on any atom is 0.136 e. The highest BCUT2D eigenvalue weighted by molar-refractivity contribution is 8.00. The first-order valence-electron chi connectivity index (χ1n) is 13.3. The van der Waals surface area contributed by atoms with E-state index in [1.165, 1.54) is 82.2 Å². The molecule has 0 amide bonds. The minimum atomic E-state index is 0.295. The van der Waals surface area contributed by atoms with E-state index in [0.717, 1.165) is 37.2 Å². The second-order valence-corrected chi connectivity index (χ2v) is 11.0. The van der Waals surface area contributed by atoms with Crippen LogP contribution in [0.3, 0.4) is 0 Å². The molecule has 1 atom stereocenters. The van der Waals surface area contributed by atoms with E-state index in [9.17, 15) is 5.11 Å². The third-order valence-corrected chi connectivity index (χ3v) is 8.57. The normalized spacial score (nSPS) is 21.7. The minimum absolute atomic E-state index is 0.295. The van der Waals surface area contributed by atoms with Gasteiger partial charge in [0, 0.05) is 17.9 Å². The van der Waals surface area contributed by atoms with Gasteiger partial charge in [0.1, 0.15) is 30.5 Å². The first kappa shape index (κ1) is 25.2. The van der Waals surface area contributed by atoms with Gasteiger partial charge in [0.05, 0.1) is 4.90 Å². The van der Waals surface area contributed by atoms with Crippen molar-refractivity contribution in [2.24, 2.45) is 5.92 Å². The highest BCUT2D eigenvalue weighted by Gasteiger charge is 2.28. The van der Waals surface area contributed by atoms with E-state index in [-0.39, 0.29) is 0 Å². The smallest absolute Gasteiger partial charge is 0.136 e. The van der Waals surface area contributed by atoms with Crippen LogP contribution in [-0.4, -0.2) is 48.1 Å². The van der Waals surface area contributed by atoms with E-state index in [4.69, 9.17) is 9.47 Å². The van der Waals surface area contributed by atoms with Crippen molar-refractivity contribution in [3.63, 3.8) is 0 Å². The first-order valence-corrected chi connectivity index (χ1v) is 14.2. The number of phenolic OH excluding ortho intramolecular Hbond substituents is 1. The minimum Gasteiger partial charge on any atom is -0.508 e. The van der Waals surface area contributed by atoms with Crippen LogP contribution in [0.4, 0.5) is 0 Å². The molecule has 2 heterocycles. The zero-order valence-electron chi connectivity index (χ0n) is 20.5. The van der Waals surface area contributed by atoms with Crippen LogP contribution in [0.15, 0.2) is 53.4 Å². The summed E-state index contributed by atoms with van der Waals surface area (Å²) in [4.78, 5) is 3.68. The Hall–Kier alpha value is -1.85. The Kier molecular flexibility index (Phi) is 10.3. The molecule has 4 nitrogen and oxygen atoms in total. The SMILES string of the molecule is Oc1ccc2c(c1)OCC(C1CCCCCCC1)S2.c1ccc(OCCN2CCCCC2)cc1. The van der Waals surface area contributed by atoms with Crippen molar-refractivity contribution < 1.29 is 14.6 Å². The van der Waals surface area contributed by atoms with Crippen molar-refractivity contribution in [1.29, 1.82) is 0 Å². The summed E-state index contributed by atoms with van der Waals surface area (Å²) in [6.45, 7) is 5.17. The summed E-state index contributed by atoms with van der Waals surface area (Å²) < 4.78 is 11.5. The number of benzene rings is 2. The summed E-state index contributed by atoms with van der Waals surface area (Å²) in [6, 6.07) is 15.5. The number of likely N-dealkylation sites (tertiary alicyclic amines) is 1. The molecule has 1 unspecified atom stereocenters. The Bertz CT molecular complexity index is 833. The van der Waals surface area contributed by atoms with Crippen LogP contribution in [0, 0.1) is 5.92 Å². The van der Waals surface area contributed by atoms with E-state index in [2.05, 4.69) is 4.90 Å². The van der Waals surface area contributed by atoms with Gasteiger partial charge in [-0.15, -0.1) is 11.8 Å². The lowest BCUT2D eigenvalue weighted by atomic mass is 9.89. The van der Waals surface area contributed by atoms with Crippen LogP contribution in [0.2, 0.25) is 0 Å². The van der Waals surface area contributed by atoms with Crippen LogP contribution < -0.4 is 9.47 Å². The summed E-state index contributed by atoms with van der Waals surface area (Å²) in [5, 5.41) is 10.1. The van der Waals surface area contributed by atoms with Crippen LogP contribution in [0.25, 0.3) is 0 Å². The molecule has 1 saturated carbocycles. The van der Waals surface area contributed by atoms with Crippen LogP contribution in [0.1, 0.15) is 64.2 Å². The van der Waals surface area contributed by atoms with E-state index >= 15 is 0 Å². The van der Waals surface area contributed by atoms with Gasteiger partial charge in [0.15, 0.2) is 0 Å². The van der Waals surface area contributed by atoms with Crippen LogP contribution >= 0.6 is 11.8 Å². The number of hydrogen-bond donors (Lipinski definition) is 1. The molecule has 0 bridgehead atoms. The monoisotopic (exact) mass is 483 g/mol. The van der Waals surface area contributed by atoms with Gasteiger partial charge in [-0.2, -0.15) is 0 Å². The van der Waals surface area contributed by atoms with E-state index < -0.39 is 0 Å². The Labute approximate surface area is 210 Å². The molecule has 3 aliphatic rings. The zero-order chi connectivity index (χ0) is 23.4. The lowest BCUT2D eigenvalue weighted by molar-refractivity contribution is 0.183. The number of rotatable bonds is 5. The molecule has 5 rings (SSSR count). The lowest BCUT2D eigenvalue weighted by Crippen LogP contribution is -2.33. The van der Waals surface area contributed by atoms with Gasteiger partial charge in [0.2, 0.25) is 0 Å². The number of thioether (sulfide) groups is 1. The molecule has 1 saturated heterocycles. The Balaban J connectivity index is 0.000000166. The number of phenols is 1. The molecule has 1 aliphatic carbocycles. The number of aromatic hydroxyl groups is 1. The van der Waals surface area contributed by atoms with Gasteiger partial charge in [-0.25, -0.2) is 0 Å². The molecule has 0 radical (unpaired) electrons. The summed E-state index contributed by atoms with van der Waals surface area (Å²) in [5.74, 6) is 2.93. The molecule has 2 aromatic carbocycles. The molecule has 186 valence electrons. The van der Waals surface area contributed by atoms with Gasteiger partial charge in [0.25, 0.3) is 0 Å². The van der Waals surface area contributed by atoms with Crippen molar-refractivity contribution in [2.45, 2.75) is 74.4 Å².